The van der Waals surface area contributed by atoms with Gasteiger partial charge in [-0.25, -0.2) is 9.78 Å². The van der Waals surface area contributed by atoms with Crippen molar-refractivity contribution in [2.24, 2.45) is 0 Å². The SMILES string of the molecule is CCOC(=O)C(C)Oc1ccc(SCc2sc(-c3ccc(C(F)(F)F)cc3)nc2COC2CCCCO2)cc1C(C)C. The number of carbonyl (C=O) groups is 1. The number of aromatic nitrogens is 1. The van der Waals surface area contributed by atoms with Crippen molar-refractivity contribution in [1.29, 1.82) is 0 Å². The molecule has 2 heterocycles. The molecule has 1 aromatic heterocycles. The van der Waals surface area contributed by atoms with E-state index in [0.29, 0.717) is 28.7 Å². The zero-order valence-electron chi connectivity index (χ0n) is 24.2. The van der Waals surface area contributed by atoms with Gasteiger partial charge < -0.3 is 18.9 Å². The summed E-state index contributed by atoms with van der Waals surface area (Å²) in [4.78, 5) is 18.8. The van der Waals surface area contributed by atoms with Crippen LogP contribution in [0.3, 0.4) is 0 Å². The molecule has 1 fully saturated rings. The van der Waals surface area contributed by atoms with Crippen LogP contribution in [0.1, 0.15) is 74.6 Å². The van der Waals surface area contributed by atoms with Crippen LogP contribution in [0.25, 0.3) is 10.6 Å². The van der Waals surface area contributed by atoms with Crippen molar-refractivity contribution in [2.75, 3.05) is 13.2 Å². The van der Waals surface area contributed by atoms with Crippen LogP contribution < -0.4 is 4.74 Å². The Morgan fingerprint density at radius 3 is 2.55 bits per heavy atom. The summed E-state index contributed by atoms with van der Waals surface area (Å²) in [6.45, 7) is 8.77. The van der Waals surface area contributed by atoms with Gasteiger partial charge in [0.05, 0.1) is 24.5 Å². The van der Waals surface area contributed by atoms with Crippen LogP contribution in [0, 0.1) is 0 Å². The summed E-state index contributed by atoms with van der Waals surface area (Å²) >= 11 is 3.08. The van der Waals surface area contributed by atoms with Crippen LogP contribution in [-0.2, 0) is 37.5 Å². The Morgan fingerprint density at radius 1 is 1.14 bits per heavy atom. The minimum Gasteiger partial charge on any atom is -0.479 e. The minimum atomic E-state index is -4.39. The highest BCUT2D eigenvalue weighted by atomic mass is 32.2. The molecule has 0 bridgehead atoms. The first-order valence-corrected chi connectivity index (χ1v) is 15.8. The van der Waals surface area contributed by atoms with E-state index in [2.05, 4.69) is 19.9 Å². The van der Waals surface area contributed by atoms with Gasteiger partial charge in [-0.3, -0.25) is 0 Å². The first-order chi connectivity index (χ1) is 20.0. The predicted octanol–water partition coefficient (Wildman–Crippen LogP) is 8.62. The number of thioether (sulfide) groups is 1. The number of ether oxygens (including phenoxy) is 4. The van der Waals surface area contributed by atoms with Gasteiger partial charge in [0.2, 0.25) is 0 Å². The molecule has 0 spiro atoms. The number of halogens is 3. The Kier molecular flexibility index (Phi) is 11.3. The zero-order valence-corrected chi connectivity index (χ0v) is 25.8. The van der Waals surface area contributed by atoms with E-state index in [1.165, 1.54) is 23.5 Å². The number of alkyl halides is 3. The maximum atomic E-state index is 13.1. The van der Waals surface area contributed by atoms with E-state index in [4.69, 9.17) is 23.9 Å². The van der Waals surface area contributed by atoms with Crippen LogP contribution in [-0.4, -0.2) is 36.6 Å². The second kappa shape index (κ2) is 14.7. The van der Waals surface area contributed by atoms with Crippen molar-refractivity contribution >= 4 is 29.1 Å². The zero-order chi connectivity index (χ0) is 30.3. The van der Waals surface area contributed by atoms with Gasteiger partial charge in [0, 0.05) is 27.7 Å². The largest absolute Gasteiger partial charge is 0.479 e. The molecule has 228 valence electrons. The number of benzene rings is 2. The summed E-state index contributed by atoms with van der Waals surface area (Å²) < 4.78 is 62.0. The molecule has 1 aliphatic rings. The highest BCUT2D eigenvalue weighted by molar-refractivity contribution is 7.98. The molecule has 0 amide bonds. The number of nitrogens with zero attached hydrogens (tertiary/aromatic N) is 1. The van der Waals surface area contributed by atoms with E-state index in [0.717, 1.165) is 52.4 Å². The van der Waals surface area contributed by atoms with Gasteiger partial charge in [-0.15, -0.1) is 23.1 Å². The van der Waals surface area contributed by atoms with Crippen molar-refractivity contribution in [2.45, 2.75) is 88.7 Å². The summed E-state index contributed by atoms with van der Waals surface area (Å²) in [5, 5.41) is 0.641. The van der Waals surface area contributed by atoms with Crippen molar-refractivity contribution in [1.82, 2.24) is 4.98 Å². The van der Waals surface area contributed by atoms with Gasteiger partial charge >= 0.3 is 12.1 Å². The Morgan fingerprint density at radius 2 is 1.90 bits per heavy atom. The molecule has 11 heteroatoms. The summed E-state index contributed by atoms with van der Waals surface area (Å²) in [5.41, 5.74) is 1.66. The van der Waals surface area contributed by atoms with Gasteiger partial charge in [-0.2, -0.15) is 13.2 Å². The minimum absolute atomic E-state index is 0.157. The van der Waals surface area contributed by atoms with Gasteiger partial charge in [0.25, 0.3) is 0 Å². The van der Waals surface area contributed by atoms with E-state index >= 15 is 0 Å². The number of rotatable bonds is 12. The van der Waals surface area contributed by atoms with E-state index in [9.17, 15) is 18.0 Å². The molecule has 1 aliphatic heterocycles. The maximum Gasteiger partial charge on any atom is 0.416 e. The molecule has 0 radical (unpaired) electrons. The molecule has 2 atom stereocenters. The molecule has 3 aromatic rings. The second-order valence-corrected chi connectivity index (χ2v) is 12.4. The lowest BCUT2D eigenvalue weighted by molar-refractivity contribution is -0.169. The third-order valence-electron chi connectivity index (χ3n) is 6.68. The van der Waals surface area contributed by atoms with Crippen molar-refractivity contribution in [3.63, 3.8) is 0 Å². The average molecular weight is 624 g/mol. The quantitative estimate of drug-likeness (QED) is 0.148. The lowest BCUT2D eigenvalue weighted by atomic mass is 10.0. The fraction of sp³-hybridized carbons (Fsp3) is 0.484. The fourth-order valence-corrected chi connectivity index (χ4v) is 6.49. The third kappa shape index (κ3) is 8.72. The smallest absolute Gasteiger partial charge is 0.416 e. The molecular weight excluding hydrogens is 587 g/mol. The average Bonchev–Trinajstić information content (AvgIpc) is 3.38. The summed E-state index contributed by atoms with van der Waals surface area (Å²) in [6, 6.07) is 11.0. The first-order valence-electron chi connectivity index (χ1n) is 14.0. The number of thiazole rings is 1. The van der Waals surface area contributed by atoms with Gasteiger partial charge in [0.1, 0.15) is 10.8 Å². The highest BCUT2D eigenvalue weighted by Crippen LogP contribution is 2.38. The Hall–Kier alpha value is -2.60. The van der Waals surface area contributed by atoms with Crippen molar-refractivity contribution < 1.29 is 36.9 Å². The summed E-state index contributed by atoms with van der Waals surface area (Å²) in [5.74, 6) is 0.982. The topological polar surface area (TPSA) is 66.9 Å². The van der Waals surface area contributed by atoms with Crippen LogP contribution in [0.2, 0.25) is 0 Å². The van der Waals surface area contributed by atoms with E-state index in [1.807, 2.05) is 12.1 Å². The molecule has 4 rings (SSSR count). The van der Waals surface area contributed by atoms with Crippen LogP contribution in [0.4, 0.5) is 13.2 Å². The first kappa shape index (κ1) is 32.3. The Balaban J connectivity index is 1.53. The third-order valence-corrected chi connectivity index (χ3v) is 9.03. The van der Waals surface area contributed by atoms with E-state index in [1.54, 1.807) is 25.6 Å². The molecule has 0 aliphatic carbocycles. The standard InChI is InChI=1S/C31H36F3NO5S2/c1-5-37-30(36)20(4)40-26-14-13-23(16-24(26)19(2)3)41-18-27-25(17-39-28-8-6-7-15-38-28)35-29(42-27)21-9-11-22(12-10-21)31(32,33)34/h9-14,16,19-20,28H,5-8,15,17-18H2,1-4H3. The number of hydrogen-bond donors (Lipinski definition) is 0. The molecule has 0 N–H and O–H groups in total. The summed E-state index contributed by atoms with van der Waals surface area (Å²) in [6.07, 6.45) is -2.53. The van der Waals surface area contributed by atoms with Crippen molar-refractivity contribution in [3.05, 3.63) is 64.2 Å². The number of hydrogen-bond acceptors (Lipinski definition) is 8. The molecule has 0 saturated carbocycles. The molecule has 2 aromatic carbocycles. The Bertz CT molecular complexity index is 1320. The number of esters is 1. The number of carbonyl (C=O) groups excluding carboxylic acids is 1. The summed E-state index contributed by atoms with van der Waals surface area (Å²) in [7, 11) is 0. The van der Waals surface area contributed by atoms with E-state index < -0.39 is 23.8 Å². The highest BCUT2D eigenvalue weighted by Gasteiger charge is 2.30. The van der Waals surface area contributed by atoms with Gasteiger partial charge in [-0.05, 0) is 74.9 Å². The van der Waals surface area contributed by atoms with Crippen LogP contribution in [0.15, 0.2) is 47.4 Å². The fourth-order valence-electron chi connectivity index (χ4n) is 4.37. The maximum absolute atomic E-state index is 13.1. The lowest BCUT2D eigenvalue weighted by Crippen LogP contribution is -2.26. The van der Waals surface area contributed by atoms with Gasteiger partial charge in [0.15, 0.2) is 12.4 Å². The van der Waals surface area contributed by atoms with E-state index in [-0.39, 0.29) is 25.4 Å². The molecular formula is C31H36F3NO5S2. The molecule has 42 heavy (non-hydrogen) atoms. The molecule has 6 nitrogen and oxygen atoms in total. The molecule has 1 saturated heterocycles. The van der Waals surface area contributed by atoms with Crippen molar-refractivity contribution in [3.8, 4) is 16.3 Å². The lowest BCUT2D eigenvalue weighted by Gasteiger charge is -2.22. The van der Waals surface area contributed by atoms with Crippen LogP contribution in [0.5, 0.6) is 5.75 Å². The normalized spacial score (nSPS) is 16.4. The van der Waals surface area contributed by atoms with Crippen LogP contribution >= 0.6 is 23.1 Å². The Labute approximate surface area is 252 Å². The predicted molar refractivity (Wildman–Crippen MR) is 158 cm³/mol. The monoisotopic (exact) mass is 623 g/mol. The molecule has 2 unspecified atom stereocenters. The van der Waals surface area contributed by atoms with Gasteiger partial charge in [-0.1, -0.05) is 26.0 Å². The second-order valence-electron chi connectivity index (χ2n) is 10.2.